The highest BCUT2D eigenvalue weighted by Crippen LogP contribution is 2.11. The van der Waals surface area contributed by atoms with E-state index in [-0.39, 0.29) is 17.6 Å². The summed E-state index contributed by atoms with van der Waals surface area (Å²) in [4.78, 5) is 0. The summed E-state index contributed by atoms with van der Waals surface area (Å²) in [7, 11) is 0. The second-order valence-corrected chi connectivity index (χ2v) is 3.83. The van der Waals surface area contributed by atoms with Crippen LogP contribution >= 0.6 is 24.2 Å². The van der Waals surface area contributed by atoms with Crippen LogP contribution in [0.1, 0.15) is 5.56 Å². The smallest absolute Gasteiger partial charge is 0.151 e. The first kappa shape index (κ1) is 14.6. The van der Waals surface area contributed by atoms with Crippen molar-refractivity contribution in [1.29, 1.82) is 10.7 Å². The van der Waals surface area contributed by atoms with Crippen LogP contribution < -0.4 is 10.5 Å². The fourth-order valence-corrected chi connectivity index (χ4v) is 1.32. The first-order chi connectivity index (χ1) is 7.22. The normalized spacial score (nSPS) is 8.69. The summed E-state index contributed by atoms with van der Waals surface area (Å²) in [5.74, 6) is 1.37. The van der Waals surface area contributed by atoms with E-state index in [1.54, 1.807) is 24.3 Å². The standard InChI is InChI=1S/C10H11N3OS.ClH/c11-7-8-1-3-9(4-2-8)14-5-6-15-10(12)13;/h1-4H,5-6H2,(H3,12,13);1H. The van der Waals surface area contributed by atoms with Gasteiger partial charge in [-0.1, -0.05) is 11.8 Å². The van der Waals surface area contributed by atoms with E-state index < -0.39 is 0 Å². The van der Waals surface area contributed by atoms with Gasteiger partial charge in [0.1, 0.15) is 5.75 Å². The Morgan fingerprint density at radius 1 is 1.44 bits per heavy atom. The molecule has 3 N–H and O–H groups in total. The Hall–Kier alpha value is -1.38. The van der Waals surface area contributed by atoms with Crippen molar-refractivity contribution in [3.8, 4) is 11.8 Å². The van der Waals surface area contributed by atoms with Crippen molar-refractivity contribution in [1.82, 2.24) is 0 Å². The lowest BCUT2D eigenvalue weighted by Gasteiger charge is -2.04. The lowest BCUT2D eigenvalue weighted by atomic mass is 10.2. The molecule has 0 aliphatic rings. The summed E-state index contributed by atoms with van der Waals surface area (Å²) < 4.78 is 5.37. The van der Waals surface area contributed by atoms with E-state index in [1.165, 1.54) is 11.8 Å². The number of nitrogens with zero attached hydrogens (tertiary/aromatic N) is 1. The van der Waals surface area contributed by atoms with E-state index in [0.29, 0.717) is 17.9 Å². The quantitative estimate of drug-likeness (QED) is 0.491. The van der Waals surface area contributed by atoms with Gasteiger partial charge in [-0.15, -0.1) is 12.4 Å². The third kappa shape index (κ3) is 5.49. The Morgan fingerprint density at radius 2 is 2.06 bits per heavy atom. The molecule has 0 bridgehead atoms. The van der Waals surface area contributed by atoms with Crippen molar-refractivity contribution in [2.45, 2.75) is 0 Å². The number of nitrogens with one attached hydrogen (secondary N) is 1. The third-order valence-corrected chi connectivity index (χ3v) is 2.27. The van der Waals surface area contributed by atoms with Crippen LogP contribution in [-0.2, 0) is 0 Å². The van der Waals surface area contributed by atoms with Gasteiger partial charge in [0, 0.05) is 5.75 Å². The van der Waals surface area contributed by atoms with Crippen molar-refractivity contribution in [2.75, 3.05) is 12.4 Å². The molecule has 0 atom stereocenters. The van der Waals surface area contributed by atoms with Crippen LogP contribution in [0, 0.1) is 16.7 Å². The zero-order chi connectivity index (χ0) is 11.1. The maximum Gasteiger partial charge on any atom is 0.151 e. The van der Waals surface area contributed by atoms with E-state index in [9.17, 15) is 0 Å². The first-order valence-corrected chi connectivity index (χ1v) is 5.30. The second-order valence-electron chi connectivity index (χ2n) is 2.70. The lowest BCUT2D eigenvalue weighted by Crippen LogP contribution is -2.08. The predicted octanol–water partition coefficient (Wildman–Crippen LogP) is 1.99. The molecule has 6 heteroatoms. The fraction of sp³-hybridized carbons (Fsp3) is 0.200. The molecule has 16 heavy (non-hydrogen) atoms. The largest absolute Gasteiger partial charge is 0.493 e. The van der Waals surface area contributed by atoms with Crippen molar-refractivity contribution < 1.29 is 4.74 Å². The van der Waals surface area contributed by atoms with Gasteiger partial charge in [-0.25, -0.2) is 0 Å². The maximum absolute atomic E-state index is 8.57. The van der Waals surface area contributed by atoms with Crippen molar-refractivity contribution >= 4 is 29.3 Å². The van der Waals surface area contributed by atoms with Gasteiger partial charge in [0.2, 0.25) is 0 Å². The molecule has 4 nitrogen and oxygen atoms in total. The highest BCUT2D eigenvalue weighted by Gasteiger charge is 1.95. The lowest BCUT2D eigenvalue weighted by molar-refractivity contribution is 0.344. The van der Waals surface area contributed by atoms with Gasteiger partial charge in [0.25, 0.3) is 0 Å². The van der Waals surface area contributed by atoms with Gasteiger partial charge in [0.05, 0.1) is 18.2 Å². The van der Waals surface area contributed by atoms with Gasteiger partial charge in [0.15, 0.2) is 5.17 Å². The zero-order valence-corrected chi connectivity index (χ0v) is 10.1. The molecule has 0 aromatic heterocycles. The van der Waals surface area contributed by atoms with Crippen LogP contribution in [0.15, 0.2) is 24.3 Å². The Bertz CT molecular complexity index is 375. The highest BCUT2D eigenvalue weighted by molar-refractivity contribution is 8.13. The highest BCUT2D eigenvalue weighted by atomic mass is 35.5. The maximum atomic E-state index is 8.57. The number of thioether (sulfide) groups is 1. The number of benzene rings is 1. The Balaban J connectivity index is 0.00000225. The second kappa shape index (κ2) is 7.85. The molecular formula is C10H12ClN3OS. The molecule has 0 aliphatic heterocycles. The minimum atomic E-state index is 0. The monoisotopic (exact) mass is 257 g/mol. The molecule has 0 aliphatic carbocycles. The Labute approximate surface area is 105 Å². The number of rotatable bonds is 4. The van der Waals surface area contributed by atoms with E-state index in [0.717, 1.165) is 5.75 Å². The molecule has 0 amide bonds. The average molecular weight is 258 g/mol. The number of halogens is 1. The Kier molecular flexibility index (Phi) is 7.18. The molecule has 0 unspecified atom stereocenters. The van der Waals surface area contributed by atoms with Gasteiger partial charge in [-0.2, -0.15) is 5.26 Å². The number of hydrogen-bond acceptors (Lipinski definition) is 4. The van der Waals surface area contributed by atoms with Crippen LogP contribution in [0.5, 0.6) is 5.75 Å². The van der Waals surface area contributed by atoms with Crippen LogP contribution in [0.2, 0.25) is 0 Å². The summed E-state index contributed by atoms with van der Waals surface area (Å²) in [6.45, 7) is 0.496. The van der Waals surface area contributed by atoms with E-state index in [1.807, 2.05) is 6.07 Å². The topological polar surface area (TPSA) is 82.9 Å². The fourth-order valence-electron chi connectivity index (χ4n) is 0.937. The molecule has 0 fully saturated rings. The minimum absolute atomic E-state index is 0. The van der Waals surface area contributed by atoms with Crippen molar-refractivity contribution in [2.24, 2.45) is 5.73 Å². The molecule has 0 radical (unpaired) electrons. The number of hydrogen-bond donors (Lipinski definition) is 2. The first-order valence-electron chi connectivity index (χ1n) is 4.32. The summed E-state index contributed by atoms with van der Waals surface area (Å²) in [6.07, 6.45) is 0. The number of nitrogens with two attached hydrogens (primary N) is 1. The van der Waals surface area contributed by atoms with Crippen LogP contribution in [0.3, 0.4) is 0 Å². The third-order valence-electron chi connectivity index (χ3n) is 1.59. The summed E-state index contributed by atoms with van der Waals surface area (Å²) in [5.41, 5.74) is 5.78. The minimum Gasteiger partial charge on any atom is -0.493 e. The van der Waals surface area contributed by atoms with Gasteiger partial charge >= 0.3 is 0 Å². The summed E-state index contributed by atoms with van der Waals surface area (Å²) in [6, 6.07) is 8.93. The van der Waals surface area contributed by atoms with E-state index in [4.69, 9.17) is 21.1 Å². The SMILES string of the molecule is Cl.N#Cc1ccc(OCCSC(=N)N)cc1. The van der Waals surface area contributed by atoms with Crippen molar-refractivity contribution in [3.63, 3.8) is 0 Å². The zero-order valence-electron chi connectivity index (χ0n) is 8.47. The average Bonchev–Trinajstić information content (AvgIpc) is 2.25. The number of nitriles is 1. The molecule has 86 valence electrons. The summed E-state index contributed by atoms with van der Waals surface area (Å²) >= 11 is 1.24. The molecular weight excluding hydrogens is 246 g/mol. The molecule has 0 heterocycles. The molecule has 0 saturated carbocycles. The van der Waals surface area contributed by atoms with E-state index >= 15 is 0 Å². The van der Waals surface area contributed by atoms with Crippen molar-refractivity contribution in [3.05, 3.63) is 29.8 Å². The molecule has 0 spiro atoms. The van der Waals surface area contributed by atoms with Gasteiger partial charge in [-0.3, -0.25) is 5.41 Å². The van der Waals surface area contributed by atoms with Gasteiger partial charge < -0.3 is 10.5 Å². The predicted molar refractivity (Wildman–Crippen MR) is 68.3 cm³/mol. The van der Waals surface area contributed by atoms with Crippen LogP contribution in [0.25, 0.3) is 0 Å². The number of ether oxygens (including phenoxy) is 1. The van der Waals surface area contributed by atoms with Crippen LogP contribution in [-0.4, -0.2) is 17.5 Å². The van der Waals surface area contributed by atoms with Gasteiger partial charge in [-0.05, 0) is 24.3 Å². The summed E-state index contributed by atoms with van der Waals surface area (Å²) in [5, 5.41) is 15.6. The van der Waals surface area contributed by atoms with E-state index in [2.05, 4.69) is 0 Å². The molecule has 0 saturated heterocycles. The molecule has 1 aromatic rings. The Morgan fingerprint density at radius 3 is 2.56 bits per heavy atom. The van der Waals surface area contributed by atoms with Crippen LogP contribution in [0.4, 0.5) is 0 Å². The molecule has 1 rings (SSSR count). The molecule has 1 aromatic carbocycles. The number of amidine groups is 1.